The van der Waals surface area contributed by atoms with Gasteiger partial charge in [0.2, 0.25) is 10.0 Å². The van der Waals surface area contributed by atoms with Crippen molar-refractivity contribution in [2.24, 2.45) is 0 Å². The Labute approximate surface area is 175 Å². The van der Waals surface area contributed by atoms with E-state index in [1.54, 1.807) is 18.2 Å². The van der Waals surface area contributed by atoms with E-state index >= 15 is 0 Å². The predicted octanol–water partition coefficient (Wildman–Crippen LogP) is 2.45. The zero-order chi connectivity index (χ0) is 21.8. The van der Waals surface area contributed by atoms with Crippen molar-refractivity contribution in [3.63, 3.8) is 0 Å². The molecule has 0 radical (unpaired) electrons. The number of halogens is 1. The van der Waals surface area contributed by atoms with Gasteiger partial charge in [-0.05, 0) is 36.4 Å². The summed E-state index contributed by atoms with van der Waals surface area (Å²) in [4.78, 5) is 26.0. The van der Waals surface area contributed by atoms with Crippen LogP contribution in [0.4, 0.5) is 11.4 Å². The van der Waals surface area contributed by atoms with E-state index in [4.69, 9.17) is 16.3 Å². The average molecular weight is 440 g/mol. The fourth-order valence-electron chi connectivity index (χ4n) is 2.30. The van der Waals surface area contributed by atoms with Gasteiger partial charge in [0, 0.05) is 39.6 Å². The monoisotopic (exact) mass is 439 g/mol. The Morgan fingerprint density at radius 2 is 1.76 bits per heavy atom. The summed E-state index contributed by atoms with van der Waals surface area (Å²) in [5.74, 6) is -1.26. The van der Waals surface area contributed by atoms with E-state index in [0.717, 1.165) is 9.99 Å². The zero-order valence-corrected chi connectivity index (χ0v) is 18.0. The molecule has 2 rings (SSSR count). The molecule has 0 aliphatic heterocycles. The van der Waals surface area contributed by atoms with E-state index in [9.17, 15) is 18.0 Å². The minimum atomic E-state index is -3.78. The van der Waals surface area contributed by atoms with Gasteiger partial charge in [0.1, 0.15) is 4.90 Å². The Hall–Kier alpha value is -2.62. The summed E-state index contributed by atoms with van der Waals surface area (Å²) >= 11 is 5.98. The third kappa shape index (κ3) is 5.69. The molecule has 0 heterocycles. The summed E-state index contributed by atoms with van der Waals surface area (Å²) in [6, 6.07) is 10.9. The lowest BCUT2D eigenvalue weighted by molar-refractivity contribution is -0.119. The Morgan fingerprint density at radius 1 is 1.07 bits per heavy atom. The first kappa shape index (κ1) is 22.7. The van der Waals surface area contributed by atoms with Gasteiger partial charge in [-0.3, -0.25) is 4.79 Å². The van der Waals surface area contributed by atoms with Gasteiger partial charge in [-0.2, -0.15) is 0 Å². The molecule has 2 aromatic carbocycles. The standard InChI is InChI=1S/C19H22ClN3O5S/c1-22(2)15-7-5-6-13(10-15)19(25)28-12-18(24)21-14-8-9-16(20)17(11-14)29(26,27)23(3)4/h5-11H,12H2,1-4H3,(H,21,24). The second-order valence-electron chi connectivity index (χ2n) is 6.50. The summed E-state index contributed by atoms with van der Waals surface area (Å²) in [6.45, 7) is -0.524. The molecule has 0 unspecified atom stereocenters. The van der Waals surface area contributed by atoms with Crippen molar-refractivity contribution in [3.05, 3.63) is 53.1 Å². The number of hydrogen-bond acceptors (Lipinski definition) is 6. The quantitative estimate of drug-likeness (QED) is 0.666. The molecule has 8 nitrogen and oxygen atoms in total. The maximum atomic E-state index is 12.3. The second-order valence-corrected chi connectivity index (χ2v) is 9.03. The molecule has 0 bridgehead atoms. The fourth-order valence-corrected chi connectivity index (χ4v) is 3.69. The van der Waals surface area contributed by atoms with E-state index in [1.807, 2.05) is 25.1 Å². The highest BCUT2D eigenvalue weighted by molar-refractivity contribution is 7.89. The van der Waals surface area contributed by atoms with Crippen molar-refractivity contribution in [3.8, 4) is 0 Å². The van der Waals surface area contributed by atoms with Gasteiger partial charge in [0.25, 0.3) is 5.91 Å². The normalized spacial score (nSPS) is 11.2. The lowest BCUT2D eigenvalue weighted by Gasteiger charge is -2.14. The predicted molar refractivity (Wildman–Crippen MR) is 112 cm³/mol. The molecule has 10 heteroatoms. The Balaban J connectivity index is 2.05. The number of sulfonamides is 1. The van der Waals surface area contributed by atoms with Crippen molar-refractivity contribution in [1.82, 2.24) is 4.31 Å². The van der Waals surface area contributed by atoms with E-state index in [0.29, 0.717) is 5.56 Å². The van der Waals surface area contributed by atoms with Crippen LogP contribution in [0.1, 0.15) is 10.4 Å². The zero-order valence-electron chi connectivity index (χ0n) is 16.5. The number of anilines is 2. The molecule has 0 atom stereocenters. The molecule has 0 aromatic heterocycles. The van der Waals surface area contributed by atoms with E-state index in [2.05, 4.69) is 5.32 Å². The van der Waals surface area contributed by atoms with Gasteiger partial charge in [0.05, 0.1) is 10.6 Å². The third-order valence-corrected chi connectivity index (χ3v) is 6.20. The van der Waals surface area contributed by atoms with E-state index in [-0.39, 0.29) is 15.6 Å². The van der Waals surface area contributed by atoms with E-state index in [1.165, 1.54) is 32.3 Å². The molecule has 0 saturated heterocycles. The molecule has 0 aliphatic carbocycles. The van der Waals surface area contributed by atoms with Crippen molar-refractivity contribution in [2.45, 2.75) is 4.90 Å². The Morgan fingerprint density at radius 3 is 2.38 bits per heavy atom. The SMILES string of the molecule is CN(C)c1cccc(C(=O)OCC(=O)Nc2ccc(Cl)c(S(=O)(=O)N(C)C)c2)c1. The minimum Gasteiger partial charge on any atom is -0.452 e. The maximum Gasteiger partial charge on any atom is 0.338 e. The highest BCUT2D eigenvalue weighted by Gasteiger charge is 2.21. The van der Waals surface area contributed by atoms with Crippen LogP contribution in [-0.4, -0.2) is 59.4 Å². The number of esters is 1. The van der Waals surface area contributed by atoms with Gasteiger partial charge >= 0.3 is 5.97 Å². The first-order chi connectivity index (χ1) is 13.5. The molecular formula is C19H22ClN3O5S. The molecule has 0 saturated carbocycles. The number of rotatable bonds is 7. The van der Waals surface area contributed by atoms with Crippen LogP contribution in [0, 0.1) is 0 Å². The van der Waals surface area contributed by atoms with Crippen LogP contribution >= 0.6 is 11.6 Å². The van der Waals surface area contributed by atoms with Crippen LogP contribution < -0.4 is 10.2 Å². The summed E-state index contributed by atoms with van der Waals surface area (Å²) < 4.78 is 30.6. The molecular weight excluding hydrogens is 418 g/mol. The molecule has 0 spiro atoms. The van der Waals surface area contributed by atoms with Crippen LogP contribution in [0.3, 0.4) is 0 Å². The first-order valence-corrected chi connectivity index (χ1v) is 10.3. The Kier molecular flexibility index (Phi) is 7.23. The minimum absolute atomic E-state index is 0.0314. The van der Waals surface area contributed by atoms with Crippen LogP contribution in [0.5, 0.6) is 0 Å². The largest absolute Gasteiger partial charge is 0.452 e. The van der Waals surface area contributed by atoms with Crippen molar-refractivity contribution in [1.29, 1.82) is 0 Å². The summed E-state index contributed by atoms with van der Waals surface area (Å²) in [7, 11) is 2.66. The number of nitrogens with one attached hydrogen (secondary N) is 1. The molecule has 1 amide bonds. The first-order valence-electron chi connectivity index (χ1n) is 8.49. The van der Waals surface area contributed by atoms with Gasteiger partial charge in [-0.25, -0.2) is 17.5 Å². The number of nitrogens with zero attached hydrogens (tertiary/aromatic N) is 2. The van der Waals surface area contributed by atoms with Crippen LogP contribution in [0.25, 0.3) is 0 Å². The summed E-state index contributed by atoms with van der Waals surface area (Å²) in [5.41, 5.74) is 1.35. The molecule has 0 fully saturated rings. The smallest absolute Gasteiger partial charge is 0.338 e. The number of hydrogen-bond donors (Lipinski definition) is 1. The van der Waals surface area contributed by atoms with Crippen LogP contribution in [0.15, 0.2) is 47.4 Å². The molecule has 29 heavy (non-hydrogen) atoms. The number of benzene rings is 2. The summed E-state index contributed by atoms with van der Waals surface area (Å²) in [5, 5.41) is 2.52. The molecule has 1 N–H and O–H groups in total. The number of carbonyl (C=O) groups is 2. The second kappa shape index (κ2) is 9.25. The molecule has 0 aliphatic rings. The van der Waals surface area contributed by atoms with Crippen molar-refractivity contribution >= 4 is 44.9 Å². The lowest BCUT2D eigenvalue weighted by atomic mass is 10.2. The van der Waals surface area contributed by atoms with Crippen LogP contribution in [0.2, 0.25) is 5.02 Å². The van der Waals surface area contributed by atoms with Gasteiger partial charge in [0.15, 0.2) is 6.61 Å². The summed E-state index contributed by atoms with van der Waals surface area (Å²) in [6.07, 6.45) is 0. The maximum absolute atomic E-state index is 12.3. The number of carbonyl (C=O) groups excluding carboxylic acids is 2. The van der Waals surface area contributed by atoms with Gasteiger partial charge in [-0.1, -0.05) is 17.7 Å². The lowest BCUT2D eigenvalue weighted by Crippen LogP contribution is -2.23. The third-order valence-electron chi connectivity index (χ3n) is 3.91. The highest BCUT2D eigenvalue weighted by atomic mass is 35.5. The topological polar surface area (TPSA) is 96.0 Å². The Bertz CT molecular complexity index is 1020. The van der Waals surface area contributed by atoms with Crippen LogP contribution in [-0.2, 0) is 19.6 Å². The number of ether oxygens (including phenoxy) is 1. The molecule has 156 valence electrons. The fraction of sp³-hybridized carbons (Fsp3) is 0.263. The number of amides is 1. The molecule has 2 aromatic rings. The van der Waals surface area contributed by atoms with Gasteiger partial charge < -0.3 is 15.0 Å². The van der Waals surface area contributed by atoms with E-state index < -0.39 is 28.5 Å². The van der Waals surface area contributed by atoms with Gasteiger partial charge in [-0.15, -0.1) is 0 Å². The van der Waals surface area contributed by atoms with Crippen molar-refractivity contribution in [2.75, 3.05) is 45.0 Å². The highest BCUT2D eigenvalue weighted by Crippen LogP contribution is 2.26. The van der Waals surface area contributed by atoms with Crippen molar-refractivity contribution < 1.29 is 22.7 Å². The average Bonchev–Trinajstić information content (AvgIpc) is 2.67.